The molecule has 0 aromatic rings. The number of aliphatic hydroxyl groups excluding tert-OH is 1. The molecule has 0 spiro atoms. The number of hydrogen-bond acceptors (Lipinski definition) is 4. The lowest BCUT2D eigenvalue weighted by Crippen LogP contribution is -2.44. The van der Waals surface area contributed by atoms with Crippen LogP contribution in [0.25, 0.3) is 0 Å². The molecule has 1 atom stereocenters. The first kappa shape index (κ1) is 12.3. The summed E-state index contributed by atoms with van der Waals surface area (Å²) in [7, 11) is 0. The molecule has 2 rings (SSSR count). The highest BCUT2D eigenvalue weighted by molar-refractivity contribution is 4.84. The molecule has 0 saturated carbocycles. The summed E-state index contributed by atoms with van der Waals surface area (Å²) in [4.78, 5) is 5.12. The van der Waals surface area contributed by atoms with Gasteiger partial charge in [-0.1, -0.05) is 0 Å². The molecule has 1 N–H and O–H groups in total. The lowest BCUT2D eigenvalue weighted by Gasteiger charge is -2.32. The molecule has 0 aromatic carbocycles. The topological polar surface area (TPSA) is 35.9 Å². The standard InChI is InChI=1S/C12H24N2O2/c15-8-2-1-4-13-5-3-12(11-13)14-6-9-16-10-7-14/h12,15H,1-11H2. The van der Waals surface area contributed by atoms with Crippen LogP contribution >= 0.6 is 0 Å². The molecule has 94 valence electrons. The minimum absolute atomic E-state index is 0.334. The first-order chi connectivity index (χ1) is 7.90. The van der Waals surface area contributed by atoms with E-state index < -0.39 is 0 Å². The molecule has 2 aliphatic heterocycles. The van der Waals surface area contributed by atoms with E-state index in [1.165, 1.54) is 19.5 Å². The summed E-state index contributed by atoms with van der Waals surface area (Å²) < 4.78 is 5.38. The molecule has 4 heteroatoms. The zero-order chi connectivity index (χ0) is 11.2. The predicted octanol–water partition coefficient (Wildman–Crippen LogP) is 0.165. The molecule has 4 nitrogen and oxygen atoms in total. The van der Waals surface area contributed by atoms with Crippen molar-refractivity contribution in [1.82, 2.24) is 9.80 Å². The fourth-order valence-corrected chi connectivity index (χ4v) is 2.70. The summed E-state index contributed by atoms with van der Waals surface area (Å²) in [5.41, 5.74) is 0. The molecule has 2 heterocycles. The number of hydrogen-bond donors (Lipinski definition) is 1. The van der Waals surface area contributed by atoms with Gasteiger partial charge in [-0.15, -0.1) is 0 Å². The van der Waals surface area contributed by atoms with E-state index in [0.717, 1.165) is 51.7 Å². The second kappa shape index (κ2) is 6.55. The van der Waals surface area contributed by atoms with Crippen LogP contribution in [0.4, 0.5) is 0 Å². The molecule has 16 heavy (non-hydrogen) atoms. The molecule has 2 fully saturated rings. The molecule has 0 aliphatic carbocycles. The SMILES string of the molecule is OCCCCN1CCC(N2CCOCC2)C1. The second-order valence-electron chi connectivity index (χ2n) is 4.82. The van der Waals surface area contributed by atoms with Crippen molar-refractivity contribution in [1.29, 1.82) is 0 Å². The summed E-state index contributed by atoms with van der Waals surface area (Å²) >= 11 is 0. The molecule has 2 aliphatic rings. The Balaban J connectivity index is 1.66. The van der Waals surface area contributed by atoms with E-state index in [4.69, 9.17) is 9.84 Å². The lowest BCUT2D eigenvalue weighted by atomic mass is 10.2. The Kier molecular flexibility index (Phi) is 5.03. The van der Waals surface area contributed by atoms with Gasteiger partial charge in [0.2, 0.25) is 0 Å². The molecule has 2 saturated heterocycles. The Morgan fingerprint density at radius 3 is 2.69 bits per heavy atom. The summed E-state index contributed by atoms with van der Waals surface area (Å²) in [5, 5.41) is 8.76. The quantitative estimate of drug-likeness (QED) is 0.680. The maximum absolute atomic E-state index is 8.76. The van der Waals surface area contributed by atoms with Crippen LogP contribution in [0.2, 0.25) is 0 Å². The first-order valence-corrected chi connectivity index (χ1v) is 6.55. The van der Waals surface area contributed by atoms with Crippen LogP contribution in [0, 0.1) is 0 Å². The largest absolute Gasteiger partial charge is 0.396 e. The van der Waals surface area contributed by atoms with E-state index in [1.54, 1.807) is 0 Å². The van der Waals surface area contributed by atoms with Gasteiger partial charge in [0.25, 0.3) is 0 Å². The maximum atomic E-state index is 8.76. The number of morpholine rings is 1. The minimum atomic E-state index is 0.334. The highest BCUT2D eigenvalue weighted by Gasteiger charge is 2.27. The monoisotopic (exact) mass is 228 g/mol. The average Bonchev–Trinajstić information content (AvgIpc) is 2.79. The molecule has 0 radical (unpaired) electrons. The summed E-state index contributed by atoms with van der Waals surface area (Å²) in [6.07, 6.45) is 3.38. The van der Waals surface area contributed by atoms with E-state index in [1.807, 2.05) is 0 Å². The van der Waals surface area contributed by atoms with E-state index in [-0.39, 0.29) is 0 Å². The van der Waals surface area contributed by atoms with Crippen molar-refractivity contribution in [2.75, 3.05) is 52.5 Å². The van der Waals surface area contributed by atoms with Gasteiger partial charge in [0.15, 0.2) is 0 Å². The third kappa shape index (κ3) is 3.42. The van der Waals surface area contributed by atoms with Crippen LogP contribution in [0.3, 0.4) is 0 Å². The van der Waals surface area contributed by atoms with Crippen molar-refractivity contribution in [2.45, 2.75) is 25.3 Å². The van der Waals surface area contributed by atoms with E-state index in [9.17, 15) is 0 Å². The van der Waals surface area contributed by atoms with Gasteiger partial charge < -0.3 is 14.7 Å². The zero-order valence-electron chi connectivity index (χ0n) is 10.1. The van der Waals surface area contributed by atoms with Crippen LogP contribution in [-0.4, -0.2) is 73.5 Å². The molecule has 0 amide bonds. The Hall–Kier alpha value is -0.160. The number of likely N-dealkylation sites (tertiary alicyclic amines) is 1. The highest BCUT2D eigenvalue weighted by atomic mass is 16.5. The zero-order valence-corrected chi connectivity index (χ0v) is 10.1. The van der Waals surface area contributed by atoms with E-state index >= 15 is 0 Å². The molecular formula is C12H24N2O2. The van der Waals surface area contributed by atoms with Crippen molar-refractivity contribution in [3.63, 3.8) is 0 Å². The van der Waals surface area contributed by atoms with Crippen LogP contribution < -0.4 is 0 Å². The van der Waals surface area contributed by atoms with Gasteiger partial charge in [0.05, 0.1) is 13.2 Å². The first-order valence-electron chi connectivity index (χ1n) is 6.55. The van der Waals surface area contributed by atoms with Crippen LogP contribution in [0.5, 0.6) is 0 Å². The van der Waals surface area contributed by atoms with Gasteiger partial charge in [-0.05, 0) is 32.4 Å². The van der Waals surface area contributed by atoms with E-state index in [2.05, 4.69) is 9.80 Å². The van der Waals surface area contributed by atoms with Crippen LogP contribution in [0.1, 0.15) is 19.3 Å². The Labute approximate surface area is 98.2 Å². The fraction of sp³-hybridized carbons (Fsp3) is 1.00. The highest BCUT2D eigenvalue weighted by Crippen LogP contribution is 2.17. The van der Waals surface area contributed by atoms with Gasteiger partial charge in [-0.2, -0.15) is 0 Å². The van der Waals surface area contributed by atoms with Crippen LogP contribution in [-0.2, 0) is 4.74 Å². The molecular weight excluding hydrogens is 204 g/mol. The number of ether oxygens (including phenoxy) is 1. The molecule has 0 aromatic heterocycles. The van der Waals surface area contributed by atoms with Gasteiger partial charge in [-0.3, -0.25) is 4.90 Å². The normalized spacial score (nSPS) is 28.7. The molecule has 1 unspecified atom stereocenters. The Bertz CT molecular complexity index is 195. The number of nitrogens with zero attached hydrogens (tertiary/aromatic N) is 2. The number of aliphatic hydroxyl groups is 1. The fourth-order valence-electron chi connectivity index (χ4n) is 2.70. The van der Waals surface area contributed by atoms with Crippen molar-refractivity contribution in [3.8, 4) is 0 Å². The Morgan fingerprint density at radius 1 is 1.12 bits per heavy atom. The van der Waals surface area contributed by atoms with Crippen molar-refractivity contribution < 1.29 is 9.84 Å². The summed E-state index contributed by atoms with van der Waals surface area (Å²) in [6.45, 7) is 7.95. The smallest absolute Gasteiger partial charge is 0.0594 e. The van der Waals surface area contributed by atoms with Crippen LogP contribution in [0.15, 0.2) is 0 Å². The van der Waals surface area contributed by atoms with E-state index in [0.29, 0.717) is 6.61 Å². The predicted molar refractivity (Wildman–Crippen MR) is 63.6 cm³/mol. The average molecular weight is 228 g/mol. The Morgan fingerprint density at radius 2 is 1.94 bits per heavy atom. The third-order valence-corrected chi connectivity index (χ3v) is 3.69. The van der Waals surface area contributed by atoms with Gasteiger partial charge in [0.1, 0.15) is 0 Å². The van der Waals surface area contributed by atoms with Gasteiger partial charge in [0, 0.05) is 32.3 Å². The lowest BCUT2D eigenvalue weighted by molar-refractivity contribution is 0.0185. The third-order valence-electron chi connectivity index (χ3n) is 3.69. The van der Waals surface area contributed by atoms with Gasteiger partial charge >= 0.3 is 0 Å². The number of unbranched alkanes of at least 4 members (excludes halogenated alkanes) is 1. The molecule has 0 bridgehead atoms. The van der Waals surface area contributed by atoms with Crippen molar-refractivity contribution in [2.24, 2.45) is 0 Å². The summed E-state index contributed by atoms with van der Waals surface area (Å²) in [5.74, 6) is 0. The number of rotatable bonds is 5. The minimum Gasteiger partial charge on any atom is -0.396 e. The summed E-state index contributed by atoms with van der Waals surface area (Å²) in [6, 6.07) is 0.748. The maximum Gasteiger partial charge on any atom is 0.0594 e. The van der Waals surface area contributed by atoms with Crippen molar-refractivity contribution >= 4 is 0 Å². The second-order valence-corrected chi connectivity index (χ2v) is 4.82. The van der Waals surface area contributed by atoms with Gasteiger partial charge in [-0.25, -0.2) is 0 Å². The van der Waals surface area contributed by atoms with Crippen molar-refractivity contribution in [3.05, 3.63) is 0 Å².